The van der Waals surface area contributed by atoms with Gasteiger partial charge in [-0.25, -0.2) is 8.42 Å². The molecule has 1 aromatic rings. The first-order chi connectivity index (χ1) is 12.6. The summed E-state index contributed by atoms with van der Waals surface area (Å²) in [6.07, 6.45) is 4.50. The number of sulfonamides is 1. The lowest BCUT2D eigenvalue weighted by Gasteiger charge is -2.30. The van der Waals surface area contributed by atoms with Gasteiger partial charge in [-0.2, -0.15) is 0 Å². The maximum absolute atomic E-state index is 12.3. The summed E-state index contributed by atoms with van der Waals surface area (Å²) < 4.78 is 25.6. The molecule has 0 saturated carbocycles. The van der Waals surface area contributed by atoms with Gasteiger partial charge in [0.15, 0.2) is 0 Å². The van der Waals surface area contributed by atoms with Crippen molar-refractivity contribution in [2.75, 3.05) is 43.3 Å². The molecule has 0 aromatic heterocycles. The van der Waals surface area contributed by atoms with E-state index in [4.69, 9.17) is 0 Å². The molecule has 1 fully saturated rings. The molecule has 0 spiro atoms. The topological polar surface area (TPSA) is 69.7 Å². The molecule has 1 N–H and O–H groups in total. The lowest BCUT2D eigenvalue weighted by molar-refractivity contribution is -0.119. The summed E-state index contributed by atoms with van der Waals surface area (Å²) in [5.41, 5.74) is 2.47. The summed E-state index contributed by atoms with van der Waals surface area (Å²) >= 11 is 0. The zero-order valence-electron chi connectivity index (χ0n) is 17.0. The van der Waals surface area contributed by atoms with Gasteiger partial charge in [0.05, 0.1) is 11.9 Å². The molecule has 1 amide bonds. The van der Waals surface area contributed by atoms with Gasteiger partial charge in [-0.15, -0.1) is 0 Å². The maximum atomic E-state index is 12.3. The number of nitrogens with zero attached hydrogens (tertiary/aromatic N) is 2. The summed E-state index contributed by atoms with van der Waals surface area (Å²) in [5.74, 6) is 0.542. The second-order valence-electron chi connectivity index (χ2n) is 7.84. The summed E-state index contributed by atoms with van der Waals surface area (Å²) in [4.78, 5) is 14.7. The number of amides is 1. The van der Waals surface area contributed by atoms with Crippen molar-refractivity contribution in [1.29, 1.82) is 0 Å². The smallest absolute Gasteiger partial charge is 0.240 e. The number of rotatable bonds is 8. The van der Waals surface area contributed by atoms with E-state index < -0.39 is 10.0 Å². The fourth-order valence-electron chi connectivity index (χ4n) is 3.50. The molecule has 0 unspecified atom stereocenters. The number of anilines is 1. The summed E-state index contributed by atoms with van der Waals surface area (Å²) in [7, 11) is -3.54. The van der Waals surface area contributed by atoms with E-state index in [-0.39, 0.29) is 12.5 Å². The second kappa shape index (κ2) is 9.55. The molecule has 1 aliphatic rings. The standard InChI is InChI=1S/C20H33N3O3S/c1-16-6-10-22(11-7-16)9-5-8-21-20(24)15-23(27(4,25)26)19-13-17(2)12-18(3)14-19/h12-14,16H,5-11,15H2,1-4H3,(H,21,24). The third kappa shape index (κ3) is 7.14. The van der Waals surface area contributed by atoms with Crippen molar-refractivity contribution in [3.63, 3.8) is 0 Å². The number of nitrogens with one attached hydrogen (secondary N) is 1. The minimum Gasteiger partial charge on any atom is -0.354 e. The van der Waals surface area contributed by atoms with E-state index in [0.717, 1.165) is 49.4 Å². The Hall–Kier alpha value is -1.60. The molecule has 152 valence electrons. The van der Waals surface area contributed by atoms with Gasteiger partial charge in [0.2, 0.25) is 15.9 Å². The highest BCUT2D eigenvalue weighted by Crippen LogP contribution is 2.21. The van der Waals surface area contributed by atoms with Crippen LogP contribution in [0.1, 0.15) is 37.3 Å². The van der Waals surface area contributed by atoms with E-state index in [9.17, 15) is 13.2 Å². The van der Waals surface area contributed by atoms with Crippen LogP contribution in [0.3, 0.4) is 0 Å². The number of likely N-dealkylation sites (tertiary alicyclic amines) is 1. The van der Waals surface area contributed by atoms with Crippen molar-refractivity contribution >= 4 is 21.6 Å². The van der Waals surface area contributed by atoms with Gasteiger partial charge >= 0.3 is 0 Å². The lowest BCUT2D eigenvalue weighted by Crippen LogP contribution is -2.41. The Morgan fingerprint density at radius 2 is 1.78 bits per heavy atom. The van der Waals surface area contributed by atoms with Crippen LogP contribution in [0, 0.1) is 19.8 Å². The van der Waals surface area contributed by atoms with Gasteiger partial charge < -0.3 is 10.2 Å². The molecule has 27 heavy (non-hydrogen) atoms. The first-order valence-corrected chi connectivity index (χ1v) is 11.5. The van der Waals surface area contributed by atoms with Crippen LogP contribution in [0.5, 0.6) is 0 Å². The van der Waals surface area contributed by atoms with Crippen LogP contribution >= 0.6 is 0 Å². The van der Waals surface area contributed by atoms with Gasteiger partial charge in [0, 0.05) is 6.54 Å². The van der Waals surface area contributed by atoms with E-state index >= 15 is 0 Å². The number of carbonyl (C=O) groups excluding carboxylic acids is 1. The molecular formula is C20H33N3O3S. The number of piperidine rings is 1. The third-order valence-electron chi connectivity index (χ3n) is 5.03. The number of carbonyl (C=O) groups is 1. The maximum Gasteiger partial charge on any atom is 0.240 e. The minimum absolute atomic E-state index is 0.192. The van der Waals surface area contributed by atoms with Gasteiger partial charge in [0.25, 0.3) is 0 Å². The number of benzene rings is 1. The van der Waals surface area contributed by atoms with Crippen molar-refractivity contribution in [1.82, 2.24) is 10.2 Å². The second-order valence-corrected chi connectivity index (χ2v) is 9.75. The van der Waals surface area contributed by atoms with Crippen LogP contribution in [0.15, 0.2) is 18.2 Å². The third-order valence-corrected chi connectivity index (χ3v) is 6.17. The summed E-state index contributed by atoms with van der Waals surface area (Å²) in [6.45, 7) is 9.73. The largest absolute Gasteiger partial charge is 0.354 e. The highest BCUT2D eigenvalue weighted by atomic mass is 32.2. The van der Waals surface area contributed by atoms with Gasteiger partial charge in [0.1, 0.15) is 6.54 Å². The summed E-state index contributed by atoms with van der Waals surface area (Å²) in [5, 5.41) is 2.86. The molecular weight excluding hydrogens is 362 g/mol. The highest BCUT2D eigenvalue weighted by molar-refractivity contribution is 7.92. The van der Waals surface area contributed by atoms with Crippen molar-refractivity contribution in [2.45, 2.75) is 40.0 Å². The predicted octanol–water partition coefficient (Wildman–Crippen LogP) is 2.31. The van der Waals surface area contributed by atoms with Crippen molar-refractivity contribution in [2.24, 2.45) is 5.92 Å². The molecule has 6 nitrogen and oxygen atoms in total. The molecule has 0 atom stereocenters. The quantitative estimate of drug-likeness (QED) is 0.686. The van der Waals surface area contributed by atoms with Crippen LogP contribution in [0.4, 0.5) is 5.69 Å². The van der Waals surface area contributed by atoms with Crippen molar-refractivity contribution in [3.05, 3.63) is 29.3 Å². The Balaban J connectivity index is 1.85. The molecule has 1 saturated heterocycles. The normalized spacial score (nSPS) is 16.3. The Kier molecular flexibility index (Phi) is 7.68. The molecule has 0 aliphatic carbocycles. The minimum atomic E-state index is -3.54. The zero-order valence-corrected chi connectivity index (χ0v) is 17.8. The van der Waals surface area contributed by atoms with Crippen LogP contribution in [-0.4, -0.2) is 58.2 Å². The zero-order chi connectivity index (χ0) is 20.0. The van der Waals surface area contributed by atoms with Crippen LogP contribution in [-0.2, 0) is 14.8 Å². The number of aryl methyl sites for hydroxylation is 2. The molecule has 0 bridgehead atoms. The first kappa shape index (κ1) is 21.7. The summed E-state index contributed by atoms with van der Waals surface area (Å²) in [6, 6.07) is 5.56. The average Bonchev–Trinajstić information content (AvgIpc) is 2.56. The Morgan fingerprint density at radius 3 is 2.33 bits per heavy atom. The fourth-order valence-corrected chi connectivity index (χ4v) is 4.34. The predicted molar refractivity (Wildman–Crippen MR) is 111 cm³/mol. The van der Waals surface area contributed by atoms with Crippen LogP contribution in [0.2, 0.25) is 0 Å². The molecule has 7 heteroatoms. The molecule has 2 rings (SSSR count). The first-order valence-electron chi connectivity index (χ1n) is 9.70. The van der Waals surface area contributed by atoms with E-state index in [1.54, 1.807) is 12.1 Å². The monoisotopic (exact) mass is 395 g/mol. The van der Waals surface area contributed by atoms with Gasteiger partial charge in [-0.3, -0.25) is 9.10 Å². The number of hydrogen-bond donors (Lipinski definition) is 1. The highest BCUT2D eigenvalue weighted by Gasteiger charge is 2.21. The van der Waals surface area contributed by atoms with Crippen molar-refractivity contribution < 1.29 is 13.2 Å². The van der Waals surface area contributed by atoms with Crippen molar-refractivity contribution in [3.8, 4) is 0 Å². The van der Waals surface area contributed by atoms with E-state index in [2.05, 4.69) is 17.1 Å². The van der Waals surface area contributed by atoms with E-state index in [1.165, 1.54) is 17.1 Å². The molecule has 0 radical (unpaired) electrons. The molecule has 1 aromatic carbocycles. The molecule has 1 heterocycles. The SMILES string of the molecule is Cc1cc(C)cc(N(CC(=O)NCCCN2CCC(C)CC2)S(C)(=O)=O)c1. The van der Waals surface area contributed by atoms with Crippen LogP contribution in [0.25, 0.3) is 0 Å². The van der Waals surface area contributed by atoms with Gasteiger partial charge in [-0.1, -0.05) is 13.0 Å². The van der Waals surface area contributed by atoms with E-state index in [1.807, 2.05) is 19.9 Å². The van der Waals surface area contributed by atoms with Crippen LogP contribution < -0.4 is 9.62 Å². The average molecular weight is 396 g/mol. The fraction of sp³-hybridized carbons (Fsp3) is 0.650. The van der Waals surface area contributed by atoms with Gasteiger partial charge in [-0.05, 0) is 81.9 Å². The molecule has 1 aliphatic heterocycles. The lowest BCUT2D eigenvalue weighted by atomic mass is 9.99. The Labute approximate surface area is 164 Å². The Bertz CT molecular complexity index is 721. The Morgan fingerprint density at radius 1 is 1.19 bits per heavy atom. The number of hydrogen-bond acceptors (Lipinski definition) is 4. The van der Waals surface area contributed by atoms with E-state index in [0.29, 0.717) is 12.2 Å².